The molecule has 21 heavy (non-hydrogen) atoms. The fourth-order valence-corrected chi connectivity index (χ4v) is 2.32. The summed E-state index contributed by atoms with van der Waals surface area (Å²) in [6, 6.07) is 9.80. The first-order chi connectivity index (χ1) is 10.1. The average molecular weight is 283 g/mol. The smallest absolute Gasteiger partial charge is 0.287 e. The summed E-state index contributed by atoms with van der Waals surface area (Å²) in [5.41, 5.74) is 1.81. The number of hydrogen-bond acceptors (Lipinski definition) is 4. The zero-order chi connectivity index (χ0) is 15.0. The number of aliphatic hydroxyl groups is 1. The Labute approximate surface area is 120 Å². The monoisotopic (exact) mass is 283 g/mol. The first kappa shape index (κ1) is 13.2. The maximum Gasteiger partial charge on any atom is 0.287 e. The third-order valence-corrected chi connectivity index (χ3v) is 3.43. The number of benzene rings is 1. The van der Waals surface area contributed by atoms with E-state index in [9.17, 15) is 14.7 Å². The molecule has 0 saturated carbocycles. The second-order valence-electron chi connectivity index (χ2n) is 4.89. The van der Waals surface area contributed by atoms with Crippen molar-refractivity contribution in [3.8, 4) is 0 Å². The summed E-state index contributed by atoms with van der Waals surface area (Å²) in [5.74, 6) is -1.62. The number of amides is 1. The lowest BCUT2D eigenvalue weighted by Crippen LogP contribution is -2.23. The van der Waals surface area contributed by atoms with Crippen LogP contribution in [0.5, 0.6) is 0 Å². The summed E-state index contributed by atoms with van der Waals surface area (Å²) in [7, 11) is 0. The Kier molecular flexibility index (Phi) is 3.10. The Morgan fingerprint density at radius 2 is 1.95 bits per heavy atom. The van der Waals surface area contributed by atoms with E-state index in [1.54, 1.807) is 6.07 Å². The highest BCUT2D eigenvalue weighted by atomic mass is 16.3. The van der Waals surface area contributed by atoms with E-state index in [0.717, 1.165) is 11.1 Å². The number of ketones is 1. The number of aryl methyl sites for hydroxylation is 1. The standard InChI is InChI=1S/C16H13NO4/c1-9-4-6-10(7-5-9)13-12(15(19)16(20)17-13)14(18)11-3-2-8-21-11/h2-8,13,19H,1H3,(H,17,20)/t13-/m0/s1. The third kappa shape index (κ3) is 2.23. The van der Waals surface area contributed by atoms with Gasteiger partial charge in [0.2, 0.25) is 5.78 Å². The van der Waals surface area contributed by atoms with Gasteiger partial charge in [-0.3, -0.25) is 9.59 Å². The molecule has 106 valence electrons. The minimum atomic E-state index is -0.671. The Hall–Kier alpha value is -2.82. The van der Waals surface area contributed by atoms with Crippen LogP contribution in [0.15, 0.2) is 58.4 Å². The summed E-state index contributed by atoms with van der Waals surface area (Å²) >= 11 is 0. The number of nitrogens with one attached hydrogen (secondary N) is 1. The van der Waals surface area contributed by atoms with E-state index < -0.39 is 23.5 Å². The van der Waals surface area contributed by atoms with Crippen LogP contribution in [0.1, 0.15) is 27.7 Å². The molecule has 2 heterocycles. The molecule has 1 amide bonds. The maximum absolute atomic E-state index is 12.4. The second-order valence-corrected chi connectivity index (χ2v) is 4.89. The number of carbonyl (C=O) groups excluding carboxylic acids is 2. The molecule has 5 nitrogen and oxygen atoms in total. The van der Waals surface area contributed by atoms with E-state index >= 15 is 0 Å². The Morgan fingerprint density at radius 1 is 1.24 bits per heavy atom. The molecule has 1 aromatic heterocycles. The van der Waals surface area contributed by atoms with Crippen LogP contribution in [0, 0.1) is 6.92 Å². The van der Waals surface area contributed by atoms with Crippen molar-refractivity contribution in [3.05, 3.63) is 70.9 Å². The Morgan fingerprint density at radius 3 is 2.57 bits per heavy atom. The second kappa shape index (κ2) is 4.94. The number of aliphatic hydroxyl groups excluding tert-OH is 1. The van der Waals surface area contributed by atoms with Gasteiger partial charge in [0.05, 0.1) is 17.9 Å². The van der Waals surface area contributed by atoms with Crippen molar-refractivity contribution in [2.75, 3.05) is 0 Å². The zero-order valence-corrected chi connectivity index (χ0v) is 11.3. The molecule has 3 rings (SSSR count). The number of hydrogen-bond donors (Lipinski definition) is 2. The predicted octanol–water partition coefficient (Wildman–Crippen LogP) is 2.45. The summed E-state index contributed by atoms with van der Waals surface area (Å²) in [5, 5.41) is 12.5. The number of carbonyl (C=O) groups is 2. The van der Waals surface area contributed by atoms with E-state index in [2.05, 4.69) is 5.32 Å². The van der Waals surface area contributed by atoms with E-state index in [-0.39, 0.29) is 11.3 Å². The largest absolute Gasteiger partial charge is 0.503 e. The van der Waals surface area contributed by atoms with Gasteiger partial charge < -0.3 is 14.8 Å². The van der Waals surface area contributed by atoms with Crippen molar-refractivity contribution < 1.29 is 19.1 Å². The molecule has 1 aromatic carbocycles. The minimum absolute atomic E-state index is 0.0128. The minimum Gasteiger partial charge on any atom is -0.503 e. The number of rotatable bonds is 3. The van der Waals surface area contributed by atoms with E-state index in [0.29, 0.717) is 0 Å². The molecule has 0 aliphatic carbocycles. The van der Waals surface area contributed by atoms with Crippen molar-refractivity contribution in [1.29, 1.82) is 0 Å². The van der Waals surface area contributed by atoms with Crippen LogP contribution in [0.25, 0.3) is 0 Å². The van der Waals surface area contributed by atoms with Gasteiger partial charge in [-0.1, -0.05) is 29.8 Å². The van der Waals surface area contributed by atoms with Crippen molar-refractivity contribution in [1.82, 2.24) is 5.32 Å². The van der Waals surface area contributed by atoms with Gasteiger partial charge in [0, 0.05) is 0 Å². The summed E-state index contributed by atoms with van der Waals surface area (Å²) in [4.78, 5) is 24.1. The van der Waals surface area contributed by atoms with Gasteiger partial charge in [-0.2, -0.15) is 0 Å². The predicted molar refractivity (Wildman–Crippen MR) is 74.8 cm³/mol. The molecule has 1 aliphatic rings. The van der Waals surface area contributed by atoms with Crippen molar-refractivity contribution in [2.45, 2.75) is 13.0 Å². The highest BCUT2D eigenvalue weighted by Gasteiger charge is 2.38. The van der Waals surface area contributed by atoms with E-state index in [4.69, 9.17) is 4.42 Å². The summed E-state index contributed by atoms with van der Waals surface area (Å²) < 4.78 is 5.06. The molecule has 1 atom stereocenters. The molecule has 5 heteroatoms. The molecule has 2 aromatic rings. The van der Waals surface area contributed by atoms with E-state index in [1.807, 2.05) is 31.2 Å². The van der Waals surface area contributed by atoms with Crippen LogP contribution in [-0.4, -0.2) is 16.8 Å². The lowest BCUT2D eigenvalue weighted by molar-refractivity contribution is -0.119. The van der Waals surface area contributed by atoms with Crippen LogP contribution < -0.4 is 5.32 Å². The zero-order valence-electron chi connectivity index (χ0n) is 11.3. The Bertz CT molecular complexity index is 726. The van der Waals surface area contributed by atoms with E-state index in [1.165, 1.54) is 12.3 Å². The molecule has 2 N–H and O–H groups in total. The number of furan rings is 1. The van der Waals surface area contributed by atoms with Gasteiger partial charge in [-0.25, -0.2) is 0 Å². The summed E-state index contributed by atoms with van der Waals surface area (Å²) in [6.07, 6.45) is 1.37. The average Bonchev–Trinajstić information content (AvgIpc) is 3.09. The molecule has 0 bridgehead atoms. The van der Waals surface area contributed by atoms with Crippen LogP contribution in [-0.2, 0) is 4.79 Å². The Balaban J connectivity index is 2.03. The van der Waals surface area contributed by atoms with Gasteiger partial charge >= 0.3 is 0 Å². The lowest BCUT2D eigenvalue weighted by Gasteiger charge is -2.14. The number of Topliss-reactive ketones (excluding diaryl/α,β-unsaturated/α-hetero) is 1. The van der Waals surface area contributed by atoms with Crippen LogP contribution >= 0.6 is 0 Å². The van der Waals surface area contributed by atoms with Crippen LogP contribution in [0.3, 0.4) is 0 Å². The fourth-order valence-electron chi connectivity index (χ4n) is 2.32. The maximum atomic E-state index is 12.4. The quantitative estimate of drug-likeness (QED) is 0.848. The fraction of sp³-hybridized carbons (Fsp3) is 0.125. The highest BCUT2D eigenvalue weighted by Crippen LogP contribution is 2.31. The molecule has 0 radical (unpaired) electrons. The molecule has 1 aliphatic heterocycles. The van der Waals surface area contributed by atoms with Gasteiger partial charge in [-0.05, 0) is 24.6 Å². The first-order valence-corrected chi connectivity index (χ1v) is 6.46. The van der Waals surface area contributed by atoms with Crippen molar-refractivity contribution >= 4 is 11.7 Å². The van der Waals surface area contributed by atoms with Crippen molar-refractivity contribution in [2.24, 2.45) is 0 Å². The van der Waals surface area contributed by atoms with Gasteiger partial charge in [0.25, 0.3) is 5.91 Å². The molecular weight excluding hydrogens is 270 g/mol. The SMILES string of the molecule is Cc1ccc([C@@H]2NC(=O)C(O)=C2C(=O)c2ccco2)cc1. The third-order valence-electron chi connectivity index (χ3n) is 3.43. The summed E-state index contributed by atoms with van der Waals surface area (Å²) in [6.45, 7) is 1.94. The molecule has 0 unspecified atom stereocenters. The van der Waals surface area contributed by atoms with Gasteiger partial charge in [0.1, 0.15) is 0 Å². The topological polar surface area (TPSA) is 79.5 Å². The highest BCUT2D eigenvalue weighted by molar-refractivity contribution is 6.14. The van der Waals surface area contributed by atoms with Crippen LogP contribution in [0.2, 0.25) is 0 Å². The molecule has 0 fully saturated rings. The van der Waals surface area contributed by atoms with Gasteiger partial charge in [0.15, 0.2) is 11.5 Å². The molecule has 0 spiro atoms. The lowest BCUT2D eigenvalue weighted by atomic mass is 9.95. The molecular formula is C16H13NO4. The van der Waals surface area contributed by atoms with Crippen molar-refractivity contribution in [3.63, 3.8) is 0 Å². The normalized spacial score (nSPS) is 18.0. The first-order valence-electron chi connectivity index (χ1n) is 6.46. The molecule has 0 saturated heterocycles. The van der Waals surface area contributed by atoms with Gasteiger partial charge in [-0.15, -0.1) is 0 Å². The van der Waals surface area contributed by atoms with Crippen LogP contribution in [0.4, 0.5) is 0 Å².